The number of anilines is 3. The van der Waals surface area contributed by atoms with Crippen LogP contribution in [0.2, 0.25) is 0 Å². The second-order valence-corrected chi connectivity index (χ2v) is 4.94. The van der Waals surface area contributed by atoms with Gasteiger partial charge in [-0.15, -0.1) is 6.42 Å². The number of hydrogen-bond donors (Lipinski definition) is 3. The maximum atomic E-state index is 9.17. The minimum atomic E-state index is -0.0998. The number of terminal acetylenes is 1. The van der Waals surface area contributed by atoms with Crippen molar-refractivity contribution >= 4 is 33.3 Å². The fourth-order valence-electron chi connectivity index (χ4n) is 1.63. The van der Waals surface area contributed by atoms with Gasteiger partial charge < -0.3 is 20.9 Å². The van der Waals surface area contributed by atoms with E-state index in [9.17, 15) is 5.11 Å². The summed E-state index contributed by atoms with van der Waals surface area (Å²) in [6, 6.07) is 5.16. The largest absolute Gasteiger partial charge is 0.464 e. The van der Waals surface area contributed by atoms with Crippen LogP contribution in [-0.4, -0.2) is 21.7 Å². The maximum Gasteiger partial charge on any atom is 0.233 e. The molecule has 0 atom stereocenters. The van der Waals surface area contributed by atoms with Crippen LogP contribution in [0.5, 0.6) is 5.88 Å². The highest BCUT2D eigenvalue weighted by molar-refractivity contribution is 9.10. The summed E-state index contributed by atoms with van der Waals surface area (Å²) in [6.45, 7) is 0.0133. The molecule has 0 aliphatic rings. The average molecular weight is 349 g/mol. The van der Waals surface area contributed by atoms with E-state index in [4.69, 9.17) is 16.9 Å². The van der Waals surface area contributed by atoms with Crippen LogP contribution in [0.4, 0.5) is 17.3 Å². The van der Waals surface area contributed by atoms with E-state index in [2.05, 4.69) is 37.1 Å². The Hall–Kier alpha value is -2.30. The minimum absolute atomic E-state index is 0.0998. The quantitative estimate of drug-likeness (QED) is 0.565. The molecule has 0 saturated heterocycles. The molecule has 0 spiro atoms. The van der Waals surface area contributed by atoms with Crippen LogP contribution in [0.1, 0.15) is 5.56 Å². The van der Waals surface area contributed by atoms with E-state index in [0.717, 1.165) is 0 Å². The molecular weight excluding hydrogens is 336 g/mol. The number of benzene rings is 1. The summed E-state index contributed by atoms with van der Waals surface area (Å²) in [5, 5.41) is 12.2. The highest BCUT2D eigenvalue weighted by atomic mass is 79.9. The van der Waals surface area contributed by atoms with Crippen LogP contribution < -0.4 is 15.8 Å². The van der Waals surface area contributed by atoms with E-state index >= 15 is 0 Å². The smallest absolute Gasteiger partial charge is 0.233 e. The Morgan fingerprint density at radius 3 is 2.95 bits per heavy atom. The molecule has 1 aromatic carbocycles. The molecule has 7 heteroatoms. The Kier molecular flexibility index (Phi) is 4.98. The van der Waals surface area contributed by atoms with Gasteiger partial charge in [0, 0.05) is 11.4 Å². The van der Waals surface area contributed by atoms with Crippen molar-refractivity contribution in [3.8, 4) is 18.2 Å². The summed E-state index contributed by atoms with van der Waals surface area (Å²) in [4.78, 5) is 8.32. The van der Waals surface area contributed by atoms with Crippen molar-refractivity contribution in [1.82, 2.24) is 9.97 Å². The zero-order valence-corrected chi connectivity index (χ0v) is 12.6. The molecule has 0 saturated carbocycles. The van der Waals surface area contributed by atoms with Gasteiger partial charge in [-0.3, -0.25) is 0 Å². The molecule has 1 aromatic heterocycles. The lowest BCUT2D eigenvalue weighted by Crippen LogP contribution is -2.03. The first-order chi connectivity index (χ1) is 10.1. The Labute approximate surface area is 130 Å². The fraction of sp³-hybridized carbons (Fsp3) is 0.143. The zero-order chi connectivity index (χ0) is 15.2. The standard InChI is InChI=1S/C14H13BrN4O2/c1-2-3-21-13-12(15)7-17-14(19-13)18-11-5-9(8-20)4-10(16)6-11/h1,4-7,20H,3,8,16H2,(H,17,18,19). The predicted molar refractivity (Wildman–Crippen MR) is 84.1 cm³/mol. The molecule has 6 nitrogen and oxygen atoms in total. The van der Waals surface area contributed by atoms with Gasteiger partial charge in [0.15, 0.2) is 6.61 Å². The molecule has 0 bridgehead atoms. The van der Waals surface area contributed by atoms with Crippen LogP contribution in [0, 0.1) is 12.3 Å². The highest BCUT2D eigenvalue weighted by Gasteiger charge is 2.07. The minimum Gasteiger partial charge on any atom is -0.464 e. The van der Waals surface area contributed by atoms with Gasteiger partial charge in [0.05, 0.1) is 17.3 Å². The summed E-state index contributed by atoms with van der Waals surface area (Å²) in [7, 11) is 0. The number of nitrogens with two attached hydrogens (primary N) is 1. The van der Waals surface area contributed by atoms with Crippen molar-refractivity contribution in [3.05, 3.63) is 34.4 Å². The Morgan fingerprint density at radius 2 is 2.24 bits per heavy atom. The lowest BCUT2D eigenvalue weighted by atomic mass is 10.2. The Balaban J connectivity index is 2.23. The third-order valence-electron chi connectivity index (χ3n) is 2.46. The van der Waals surface area contributed by atoms with Crippen LogP contribution in [0.25, 0.3) is 0 Å². The Bertz CT molecular complexity index is 685. The van der Waals surface area contributed by atoms with Gasteiger partial charge in [0.1, 0.15) is 0 Å². The third kappa shape index (κ3) is 4.08. The van der Waals surface area contributed by atoms with E-state index in [1.165, 1.54) is 0 Å². The first kappa shape index (κ1) is 15.1. The summed E-state index contributed by atoms with van der Waals surface area (Å²) < 4.78 is 5.90. The summed E-state index contributed by atoms with van der Waals surface area (Å²) in [5.74, 6) is 3.04. The van der Waals surface area contributed by atoms with Crippen LogP contribution in [0.3, 0.4) is 0 Å². The lowest BCUT2D eigenvalue weighted by Gasteiger charge is -2.10. The van der Waals surface area contributed by atoms with Crippen molar-refractivity contribution in [2.75, 3.05) is 17.7 Å². The first-order valence-electron chi connectivity index (χ1n) is 5.98. The molecule has 21 heavy (non-hydrogen) atoms. The van der Waals surface area contributed by atoms with Crippen LogP contribution in [0.15, 0.2) is 28.9 Å². The molecule has 0 radical (unpaired) electrons. The molecule has 0 aliphatic carbocycles. The molecule has 0 unspecified atom stereocenters. The van der Waals surface area contributed by atoms with Crippen molar-refractivity contribution in [2.24, 2.45) is 0 Å². The number of ether oxygens (including phenoxy) is 1. The maximum absolute atomic E-state index is 9.17. The number of halogens is 1. The molecule has 108 valence electrons. The van der Waals surface area contributed by atoms with Crippen LogP contribution >= 0.6 is 15.9 Å². The van der Waals surface area contributed by atoms with Gasteiger partial charge in [-0.25, -0.2) is 4.98 Å². The third-order valence-corrected chi connectivity index (χ3v) is 3.00. The number of nitrogen functional groups attached to an aromatic ring is 1. The molecule has 0 fully saturated rings. The normalized spacial score (nSPS) is 9.95. The van der Waals surface area contributed by atoms with E-state index in [0.29, 0.717) is 33.2 Å². The summed E-state index contributed by atoms with van der Waals surface area (Å²) >= 11 is 3.28. The number of hydrogen-bond acceptors (Lipinski definition) is 6. The number of nitrogens with zero attached hydrogens (tertiary/aromatic N) is 2. The number of rotatable bonds is 5. The van der Waals surface area contributed by atoms with Crippen molar-refractivity contribution < 1.29 is 9.84 Å². The fourth-order valence-corrected chi connectivity index (χ4v) is 1.94. The molecule has 2 rings (SSSR count). The lowest BCUT2D eigenvalue weighted by molar-refractivity contribution is 0.282. The van der Waals surface area contributed by atoms with Gasteiger partial charge in [-0.1, -0.05) is 5.92 Å². The monoisotopic (exact) mass is 348 g/mol. The highest BCUT2D eigenvalue weighted by Crippen LogP contribution is 2.25. The number of aliphatic hydroxyl groups excluding tert-OH is 1. The molecule has 0 amide bonds. The van der Waals surface area contributed by atoms with E-state index in [1.54, 1.807) is 24.4 Å². The van der Waals surface area contributed by atoms with Crippen molar-refractivity contribution in [2.45, 2.75) is 6.61 Å². The number of aliphatic hydroxyl groups is 1. The van der Waals surface area contributed by atoms with Gasteiger partial charge in [0.25, 0.3) is 0 Å². The van der Waals surface area contributed by atoms with E-state index in [1.807, 2.05) is 0 Å². The Morgan fingerprint density at radius 1 is 1.43 bits per heavy atom. The second kappa shape index (κ2) is 6.92. The van der Waals surface area contributed by atoms with Gasteiger partial charge in [-0.2, -0.15) is 4.98 Å². The van der Waals surface area contributed by atoms with E-state index in [-0.39, 0.29) is 13.2 Å². The SMILES string of the molecule is C#CCOc1nc(Nc2cc(N)cc(CO)c2)ncc1Br. The molecule has 0 aliphatic heterocycles. The molecule has 1 heterocycles. The molecular formula is C14H13BrN4O2. The first-order valence-corrected chi connectivity index (χ1v) is 6.78. The van der Waals surface area contributed by atoms with Crippen LogP contribution in [-0.2, 0) is 6.61 Å². The number of nitrogens with one attached hydrogen (secondary N) is 1. The van der Waals surface area contributed by atoms with Crippen molar-refractivity contribution in [3.63, 3.8) is 0 Å². The summed E-state index contributed by atoms with van der Waals surface area (Å²) in [5.41, 5.74) is 7.66. The predicted octanol–water partition coefficient (Wildman–Crippen LogP) is 2.07. The molecule has 4 N–H and O–H groups in total. The average Bonchev–Trinajstić information content (AvgIpc) is 2.47. The van der Waals surface area contributed by atoms with Crippen molar-refractivity contribution in [1.29, 1.82) is 0 Å². The topological polar surface area (TPSA) is 93.3 Å². The van der Waals surface area contributed by atoms with Gasteiger partial charge >= 0.3 is 0 Å². The van der Waals surface area contributed by atoms with E-state index < -0.39 is 0 Å². The van der Waals surface area contributed by atoms with Gasteiger partial charge in [0.2, 0.25) is 11.8 Å². The van der Waals surface area contributed by atoms with Gasteiger partial charge in [-0.05, 0) is 39.7 Å². The second-order valence-electron chi connectivity index (χ2n) is 4.09. The zero-order valence-electron chi connectivity index (χ0n) is 11.0. The summed E-state index contributed by atoms with van der Waals surface area (Å²) in [6.07, 6.45) is 6.71. The molecule has 2 aromatic rings. The number of aromatic nitrogens is 2.